The number of Topliss-reactive ketones (excluding diaryl/α,β-unsaturated/α-hetero) is 1. The second-order valence-corrected chi connectivity index (χ2v) is 13.2. The highest BCUT2D eigenvalue weighted by molar-refractivity contribution is 6.01. The number of aliphatic hydroxyl groups is 1. The summed E-state index contributed by atoms with van der Waals surface area (Å²) in [5.74, 6) is 4.61. The molecule has 4 aromatic rings. The van der Waals surface area contributed by atoms with Crippen molar-refractivity contribution >= 4 is 17.3 Å². The summed E-state index contributed by atoms with van der Waals surface area (Å²) >= 11 is 0. The third-order valence-electron chi connectivity index (χ3n) is 9.32. The van der Waals surface area contributed by atoms with Crippen LogP contribution in [-0.2, 0) is 22.3 Å². The van der Waals surface area contributed by atoms with Crippen molar-refractivity contribution in [2.75, 3.05) is 58.2 Å². The Morgan fingerprint density at radius 1 is 0.815 bits per heavy atom. The number of hydrogen-bond acceptors (Lipinski definition) is 11. The van der Waals surface area contributed by atoms with E-state index in [9.17, 15) is 4.79 Å². The Morgan fingerprint density at radius 3 is 2.26 bits per heavy atom. The van der Waals surface area contributed by atoms with Gasteiger partial charge in [-0.05, 0) is 94.0 Å². The van der Waals surface area contributed by atoms with Gasteiger partial charge in [-0.25, -0.2) is 0 Å². The largest absolute Gasteiger partial charge is 0.494 e. The molecule has 0 radical (unpaired) electrons. The van der Waals surface area contributed by atoms with E-state index in [1.807, 2.05) is 69.3 Å². The fourth-order valence-electron chi connectivity index (χ4n) is 6.76. The van der Waals surface area contributed by atoms with Gasteiger partial charge >= 0.3 is 0 Å². The lowest BCUT2D eigenvalue weighted by atomic mass is 10.1. The second kappa shape index (κ2) is 19.5. The molecule has 3 aromatic carbocycles. The van der Waals surface area contributed by atoms with Crippen LogP contribution in [0.2, 0.25) is 0 Å². The summed E-state index contributed by atoms with van der Waals surface area (Å²) in [5.41, 5.74) is 7.10. The fraction of sp³-hybridized carbons (Fsp3) is 0.476. The number of carbonyl (C=O) groups is 1. The topological polar surface area (TPSA) is 143 Å². The Hall–Kier alpha value is -4.78. The van der Waals surface area contributed by atoms with E-state index in [1.165, 1.54) is 12.0 Å². The lowest BCUT2D eigenvalue weighted by Crippen LogP contribution is -2.23. The normalized spacial score (nSPS) is 15.4. The Kier molecular flexibility index (Phi) is 14.1. The molecule has 12 heteroatoms. The van der Waals surface area contributed by atoms with E-state index in [1.54, 1.807) is 0 Å². The van der Waals surface area contributed by atoms with Crippen LogP contribution >= 0.6 is 0 Å². The average Bonchev–Trinajstić information content (AvgIpc) is 3.86. The standard InChI is InChI=1S/C23H27N3O4.C19H26O5/c1-3-28-17-8-5-7-16(13-17)24-23-19-11-15-12-20(29-4-2)21(30-10-6-9-27)14-18(15)22(19)25-26-23;1-2-21-17-12-14-7-8-16(20)15(14)13-18(17)22-10-5-11-24-19-6-3-4-9-23-19/h5,7-8,12-14,27H,3-4,6,9-11H2,1-2H3,(H2,24,25,26);12-13,19H,2-11H2,1H3. The first-order valence-corrected chi connectivity index (χ1v) is 19.3. The predicted octanol–water partition coefficient (Wildman–Crippen LogP) is 7.81. The predicted molar refractivity (Wildman–Crippen MR) is 206 cm³/mol. The molecule has 12 nitrogen and oxygen atoms in total. The first-order chi connectivity index (χ1) is 26.5. The minimum atomic E-state index is -0.0599. The molecule has 2 heterocycles. The molecule has 0 amide bonds. The molecule has 0 bridgehead atoms. The number of hydrogen-bond donors (Lipinski definition) is 3. The van der Waals surface area contributed by atoms with E-state index < -0.39 is 0 Å². The highest BCUT2D eigenvalue weighted by Gasteiger charge is 2.27. The van der Waals surface area contributed by atoms with Gasteiger partial charge < -0.3 is 43.6 Å². The number of ether oxygens (including phenoxy) is 7. The number of rotatable bonds is 18. The number of nitrogens with one attached hydrogen (secondary N) is 2. The van der Waals surface area contributed by atoms with E-state index in [0.29, 0.717) is 64.0 Å². The monoisotopic (exact) mass is 743 g/mol. The zero-order chi connectivity index (χ0) is 37.7. The van der Waals surface area contributed by atoms with Crippen molar-refractivity contribution in [2.45, 2.75) is 78.4 Å². The number of nitrogens with zero attached hydrogens (tertiary/aromatic N) is 1. The van der Waals surface area contributed by atoms with Crippen LogP contribution in [0.5, 0.6) is 28.7 Å². The van der Waals surface area contributed by atoms with E-state index in [-0.39, 0.29) is 18.7 Å². The number of aromatic nitrogens is 2. The number of benzene rings is 3. The third kappa shape index (κ3) is 9.85. The molecule has 1 aromatic heterocycles. The van der Waals surface area contributed by atoms with Gasteiger partial charge in [0, 0.05) is 67.3 Å². The molecule has 1 aliphatic heterocycles. The molecule has 54 heavy (non-hydrogen) atoms. The van der Waals surface area contributed by atoms with Crippen LogP contribution in [0, 0.1) is 0 Å². The maximum atomic E-state index is 11.9. The maximum Gasteiger partial charge on any atom is 0.163 e. The minimum Gasteiger partial charge on any atom is -0.494 e. The van der Waals surface area contributed by atoms with Crippen LogP contribution in [0.4, 0.5) is 11.5 Å². The highest BCUT2D eigenvalue weighted by Crippen LogP contribution is 2.45. The van der Waals surface area contributed by atoms with Crippen molar-refractivity contribution in [3.63, 3.8) is 0 Å². The highest BCUT2D eigenvalue weighted by atomic mass is 16.7. The van der Waals surface area contributed by atoms with Crippen LogP contribution < -0.4 is 29.0 Å². The molecular formula is C42H53N3O9. The summed E-state index contributed by atoms with van der Waals surface area (Å²) in [4.78, 5) is 11.9. The van der Waals surface area contributed by atoms with Crippen LogP contribution in [0.3, 0.4) is 0 Å². The van der Waals surface area contributed by atoms with Crippen molar-refractivity contribution in [1.29, 1.82) is 0 Å². The Balaban J connectivity index is 0.000000189. The van der Waals surface area contributed by atoms with Gasteiger partial charge in [0.15, 0.2) is 40.9 Å². The molecule has 3 N–H and O–H groups in total. The van der Waals surface area contributed by atoms with Gasteiger partial charge in [-0.15, -0.1) is 0 Å². The summed E-state index contributed by atoms with van der Waals surface area (Å²) in [7, 11) is 0. The number of ketones is 1. The first kappa shape index (κ1) is 38.9. The number of aliphatic hydroxyl groups excluding tert-OH is 1. The number of H-pyrrole nitrogens is 1. The zero-order valence-electron chi connectivity index (χ0n) is 31.7. The number of carbonyl (C=O) groups excluding carboxylic acids is 1. The lowest BCUT2D eigenvalue weighted by Gasteiger charge is -2.22. The van der Waals surface area contributed by atoms with E-state index in [0.717, 1.165) is 95.4 Å². The quantitative estimate of drug-likeness (QED) is 0.0757. The summed E-state index contributed by atoms with van der Waals surface area (Å²) in [6.07, 6.45) is 6.69. The Morgan fingerprint density at radius 2 is 1.54 bits per heavy atom. The van der Waals surface area contributed by atoms with Crippen molar-refractivity contribution in [1.82, 2.24) is 10.2 Å². The molecule has 2 aliphatic carbocycles. The van der Waals surface area contributed by atoms with Crippen molar-refractivity contribution in [2.24, 2.45) is 0 Å². The second-order valence-electron chi connectivity index (χ2n) is 13.2. The molecule has 1 saturated heterocycles. The number of aromatic amines is 1. The molecular weight excluding hydrogens is 690 g/mol. The van der Waals surface area contributed by atoms with Gasteiger partial charge in [0.2, 0.25) is 0 Å². The zero-order valence-corrected chi connectivity index (χ0v) is 31.7. The molecule has 7 rings (SSSR count). The van der Waals surface area contributed by atoms with Gasteiger partial charge in [-0.3, -0.25) is 9.89 Å². The first-order valence-electron chi connectivity index (χ1n) is 19.3. The van der Waals surface area contributed by atoms with Gasteiger partial charge in [0.05, 0.1) is 45.3 Å². The Labute approximate surface area is 317 Å². The smallest absolute Gasteiger partial charge is 0.163 e. The lowest BCUT2D eigenvalue weighted by molar-refractivity contribution is -0.163. The molecule has 1 unspecified atom stereocenters. The van der Waals surface area contributed by atoms with Crippen LogP contribution in [0.25, 0.3) is 11.3 Å². The molecule has 290 valence electrons. The van der Waals surface area contributed by atoms with Gasteiger partial charge in [0.1, 0.15) is 5.75 Å². The molecule has 1 atom stereocenters. The number of aryl methyl sites for hydroxylation is 1. The number of fused-ring (bicyclic) bond motifs is 4. The molecule has 0 saturated carbocycles. The maximum absolute atomic E-state index is 11.9. The SMILES string of the molecule is CCOc1cc2c(cc1OCCCOC1CCCCO1)C(=O)CC2.CCOc1cccc(Nc2n[nH]c3c2Cc2cc(OCC)c(OCCCO)cc2-3)c1. The minimum absolute atomic E-state index is 0.0599. The van der Waals surface area contributed by atoms with Crippen molar-refractivity contribution in [3.05, 3.63) is 70.8 Å². The van der Waals surface area contributed by atoms with Gasteiger partial charge in [-0.1, -0.05) is 6.07 Å². The third-order valence-corrected chi connectivity index (χ3v) is 9.32. The molecule has 3 aliphatic rings. The van der Waals surface area contributed by atoms with Gasteiger partial charge in [-0.2, -0.15) is 5.10 Å². The summed E-state index contributed by atoms with van der Waals surface area (Å²) in [6.45, 7) is 10.1. The fourth-order valence-corrected chi connectivity index (χ4v) is 6.76. The van der Waals surface area contributed by atoms with Crippen LogP contribution in [-0.4, -0.2) is 80.2 Å². The summed E-state index contributed by atoms with van der Waals surface area (Å²) < 4.78 is 40.0. The van der Waals surface area contributed by atoms with E-state index >= 15 is 0 Å². The van der Waals surface area contributed by atoms with Crippen LogP contribution in [0.1, 0.15) is 86.3 Å². The van der Waals surface area contributed by atoms with E-state index in [2.05, 4.69) is 15.5 Å². The molecule has 0 spiro atoms. The van der Waals surface area contributed by atoms with Crippen molar-refractivity contribution in [3.8, 4) is 40.0 Å². The Bertz CT molecular complexity index is 1840. The van der Waals surface area contributed by atoms with E-state index in [4.69, 9.17) is 38.3 Å². The summed E-state index contributed by atoms with van der Waals surface area (Å²) in [5, 5.41) is 20.1. The van der Waals surface area contributed by atoms with Crippen LogP contribution in [0.15, 0.2) is 48.5 Å². The summed E-state index contributed by atoms with van der Waals surface area (Å²) in [6, 6.07) is 15.7. The average molecular weight is 744 g/mol. The molecule has 1 fully saturated rings. The van der Waals surface area contributed by atoms with Gasteiger partial charge in [0.25, 0.3) is 0 Å². The number of anilines is 2. The van der Waals surface area contributed by atoms with Crippen molar-refractivity contribution < 1.29 is 43.1 Å².